The molecule has 1 rings (SSSR count). The average Bonchev–Trinajstić information content (AvgIpc) is 2.15. The quantitative estimate of drug-likeness (QED) is 0.768. The van der Waals surface area contributed by atoms with E-state index in [9.17, 15) is 5.11 Å². The van der Waals surface area contributed by atoms with Crippen molar-refractivity contribution < 1.29 is 5.11 Å². The van der Waals surface area contributed by atoms with Gasteiger partial charge in [0.25, 0.3) is 0 Å². The summed E-state index contributed by atoms with van der Waals surface area (Å²) in [6.07, 6.45) is -0.362. The minimum Gasteiger partial charge on any atom is -0.389 e. The van der Waals surface area contributed by atoms with Gasteiger partial charge < -0.3 is 5.11 Å². The van der Waals surface area contributed by atoms with Crippen molar-refractivity contribution in [2.24, 2.45) is 5.92 Å². The largest absolute Gasteiger partial charge is 0.389 e. The highest BCUT2D eigenvalue weighted by Gasteiger charge is 2.01. The molecule has 1 nitrogen and oxygen atoms in total. The third-order valence-corrected chi connectivity index (χ3v) is 3.38. The van der Waals surface area contributed by atoms with Gasteiger partial charge in [-0.25, -0.2) is 0 Å². The monoisotopic (exact) mass is 210 g/mol. The van der Waals surface area contributed by atoms with E-state index < -0.39 is 0 Å². The minimum absolute atomic E-state index is 0.362. The summed E-state index contributed by atoms with van der Waals surface area (Å²) in [7, 11) is 0. The van der Waals surface area contributed by atoms with E-state index >= 15 is 0 Å². The Morgan fingerprint density at radius 2 is 1.71 bits per heavy atom. The van der Waals surface area contributed by atoms with Crippen LogP contribution in [0, 0.1) is 5.92 Å². The molecule has 0 aliphatic carbocycles. The molecule has 1 atom stereocenters. The number of aliphatic hydroxyl groups excluding tert-OH is 1. The van der Waals surface area contributed by atoms with Gasteiger partial charge in [0.1, 0.15) is 0 Å². The summed E-state index contributed by atoms with van der Waals surface area (Å²) >= 11 is 1.87. The molecule has 0 aliphatic rings. The van der Waals surface area contributed by atoms with E-state index in [1.165, 1.54) is 4.90 Å². The molecule has 0 saturated heterocycles. The zero-order chi connectivity index (χ0) is 10.6. The van der Waals surface area contributed by atoms with Gasteiger partial charge in [-0.3, -0.25) is 0 Å². The van der Waals surface area contributed by atoms with Crippen molar-refractivity contribution in [1.29, 1.82) is 0 Å². The summed E-state index contributed by atoms with van der Waals surface area (Å²) < 4.78 is 0. The lowest BCUT2D eigenvalue weighted by Gasteiger charge is -2.07. The second-order valence-electron chi connectivity index (χ2n) is 3.95. The van der Waals surface area contributed by atoms with Gasteiger partial charge in [0.05, 0.1) is 6.10 Å². The number of hydrogen-bond donors (Lipinski definition) is 1. The van der Waals surface area contributed by atoms with Gasteiger partial charge in [-0.2, -0.15) is 0 Å². The maximum Gasteiger partial charge on any atom is 0.0761 e. The average molecular weight is 210 g/mol. The zero-order valence-electron chi connectivity index (χ0n) is 9.03. The first-order valence-corrected chi connectivity index (χ1v) is 5.99. The molecule has 1 aromatic carbocycles. The van der Waals surface area contributed by atoms with Crippen molar-refractivity contribution in [1.82, 2.24) is 0 Å². The van der Waals surface area contributed by atoms with Crippen molar-refractivity contribution in [2.45, 2.75) is 31.8 Å². The Bertz CT molecular complexity index is 264. The molecule has 0 spiro atoms. The van der Waals surface area contributed by atoms with Crippen molar-refractivity contribution in [3.63, 3.8) is 0 Å². The van der Waals surface area contributed by atoms with Crippen LogP contribution in [0.3, 0.4) is 0 Å². The second kappa shape index (κ2) is 5.42. The van der Waals surface area contributed by atoms with Crippen molar-refractivity contribution in [3.05, 3.63) is 29.8 Å². The molecule has 0 bridgehead atoms. The highest BCUT2D eigenvalue weighted by molar-refractivity contribution is 7.99. The van der Waals surface area contributed by atoms with Crippen LogP contribution in [-0.2, 0) is 0 Å². The summed E-state index contributed by atoms with van der Waals surface area (Å²) in [5.41, 5.74) is 0.985. The predicted octanol–water partition coefficient (Wildman–Crippen LogP) is 3.49. The normalized spacial score (nSPS) is 13.2. The standard InChI is InChI=1S/C12H18OS/c1-9(2)8-14-12-6-4-11(5-7-12)10(3)13/h4-7,9-10,13H,8H2,1-3H3/t10-/m1/s1. The number of aliphatic hydroxyl groups is 1. The molecular formula is C12H18OS. The van der Waals surface area contributed by atoms with Crippen molar-refractivity contribution >= 4 is 11.8 Å². The number of benzene rings is 1. The SMILES string of the molecule is CC(C)CSc1ccc([C@@H](C)O)cc1. The Labute approximate surface area is 90.5 Å². The Hall–Kier alpha value is -0.470. The smallest absolute Gasteiger partial charge is 0.0761 e. The Balaban J connectivity index is 2.55. The lowest BCUT2D eigenvalue weighted by Crippen LogP contribution is -1.92. The molecule has 0 unspecified atom stereocenters. The van der Waals surface area contributed by atoms with Crippen molar-refractivity contribution in [3.8, 4) is 0 Å². The van der Waals surface area contributed by atoms with E-state index in [0.29, 0.717) is 0 Å². The molecule has 1 N–H and O–H groups in total. The molecule has 0 heterocycles. The van der Waals surface area contributed by atoms with Crippen LogP contribution in [0.2, 0.25) is 0 Å². The first kappa shape index (κ1) is 11.6. The third kappa shape index (κ3) is 3.72. The lowest BCUT2D eigenvalue weighted by molar-refractivity contribution is 0.199. The van der Waals surface area contributed by atoms with Gasteiger partial charge in [-0.05, 0) is 30.5 Å². The number of rotatable bonds is 4. The fourth-order valence-corrected chi connectivity index (χ4v) is 1.96. The van der Waals surface area contributed by atoms with Crippen LogP contribution in [0.25, 0.3) is 0 Å². The molecule has 0 amide bonds. The third-order valence-electron chi connectivity index (χ3n) is 1.95. The highest BCUT2D eigenvalue weighted by atomic mass is 32.2. The molecule has 0 aliphatic heterocycles. The minimum atomic E-state index is -0.362. The van der Waals surface area contributed by atoms with E-state index in [4.69, 9.17) is 0 Å². The molecule has 0 fully saturated rings. The van der Waals surface area contributed by atoms with E-state index in [2.05, 4.69) is 26.0 Å². The van der Waals surface area contributed by atoms with Gasteiger partial charge in [0, 0.05) is 10.6 Å². The van der Waals surface area contributed by atoms with Gasteiger partial charge in [-0.1, -0.05) is 26.0 Å². The Kier molecular flexibility index (Phi) is 4.49. The van der Waals surface area contributed by atoms with Gasteiger partial charge >= 0.3 is 0 Å². The summed E-state index contributed by atoms with van der Waals surface area (Å²) in [6.45, 7) is 6.23. The van der Waals surface area contributed by atoms with Crippen molar-refractivity contribution in [2.75, 3.05) is 5.75 Å². The maximum absolute atomic E-state index is 9.33. The second-order valence-corrected chi connectivity index (χ2v) is 5.04. The van der Waals surface area contributed by atoms with Crippen LogP contribution in [0.1, 0.15) is 32.4 Å². The molecule has 0 radical (unpaired) electrons. The van der Waals surface area contributed by atoms with E-state index in [-0.39, 0.29) is 6.10 Å². The summed E-state index contributed by atoms with van der Waals surface area (Å²) in [5.74, 6) is 1.87. The molecule has 78 valence electrons. The number of hydrogen-bond acceptors (Lipinski definition) is 2. The maximum atomic E-state index is 9.33. The zero-order valence-corrected chi connectivity index (χ0v) is 9.84. The van der Waals surface area contributed by atoms with Crippen LogP contribution in [0.5, 0.6) is 0 Å². The molecule has 1 aromatic rings. The fraction of sp³-hybridized carbons (Fsp3) is 0.500. The lowest BCUT2D eigenvalue weighted by atomic mass is 10.1. The topological polar surface area (TPSA) is 20.2 Å². The summed E-state index contributed by atoms with van der Waals surface area (Å²) in [6, 6.07) is 8.14. The van der Waals surface area contributed by atoms with E-state index in [0.717, 1.165) is 17.2 Å². The Morgan fingerprint density at radius 1 is 1.14 bits per heavy atom. The number of thioether (sulfide) groups is 1. The van der Waals surface area contributed by atoms with Crippen LogP contribution in [-0.4, -0.2) is 10.9 Å². The van der Waals surface area contributed by atoms with Gasteiger partial charge in [-0.15, -0.1) is 11.8 Å². The molecule has 14 heavy (non-hydrogen) atoms. The highest BCUT2D eigenvalue weighted by Crippen LogP contribution is 2.22. The van der Waals surface area contributed by atoms with Crippen LogP contribution >= 0.6 is 11.8 Å². The fourth-order valence-electron chi connectivity index (χ4n) is 1.11. The van der Waals surface area contributed by atoms with Gasteiger partial charge in [0.15, 0.2) is 0 Å². The predicted molar refractivity (Wildman–Crippen MR) is 62.6 cm³/mol. The van der Waals surface area contributed by atoms with E-state index in [1.54, 1.807) is 6.92 Å². The molecule has 0 aromatic heterocycles. The van der Waals surface area contributed by atoms with Crippen LogP contribution in [0.15, 0.2) is 29.2 Å². The first-order valence-electron chi connectivity index (χ1n) is 5.00. The van der Waals surface area contributed by atoms with Crippen LogP contribution < -0.4 is 0 Å². The van der Waals surface area contributed by atoms with Crippen LogP contribution in [0.4, 0.5) is 0 Å². The summed E-state index contributed by atoms with van der Waals surface area (Å²) in [4.78, 5) is 1.28. The first-order chi connectivity index (χ1) is 6.59. The molecular weight excluding hydrogens is 192 g/mol. The summed E-state index contributed by atoms with van der Waals surface area (Å²) in [5, 5.41) is 9.33. The van der Waals surface area contributed by atoms with E-state index in [1.807, 2.05) is 23.9 Å². The molecule has 2 heteroatoms. The Morgan fingerprint density at radius 3 is 2.14 bits per heavy atom. The van der Waals surface area contributed by atoms with Gasteiger partial charge in [0.2, 0.25) is 0 Å². The molecule has 0 saturated carbocycles.